The van der Waals surface area contributed by atoms with E-state index in [-0.39, 0.29) is 5.92 Å². The molecule has 4 aromatic rings. The standard InChI is InChI=1S/C29H20/c1-4-12-22(13-5-1)20-21-27-25-18-10-11-19-26(25)28(23-14-6-2-7-15-23)29(27)24-16-8-3-9-17-24/h1-19,28H. The summed E-state index contributed by atoms with van der Waals surface area (Å²) in [6.45, 7) is 0. The van der Waals surface area contributed by atoms with Crippen LogP contribution in [0.2, 0.25) is 0 Å². The molecule has 0 heteroatoms. The number of allylic oxidation sites excluding steroid dienone is 2. The summed E-state index contributed by atoms with van der Waals surface area (Å²) in [4.78, 5) is 0. The maximum absolute atomic E-state index is 3.53. The van der Waals surface area contributed by atoms with E-state index in [9.17, 15) is 0 Å². The number of benzene rings is 4. The minimum atomic E-state index is 0.190. The van der Waals surface area contributed by atoms with E-state index in [2.05, 4.69) is 109 Å². The zero-order valence-electron chi connectivity index (χ0n) is 16.0. The molecule has 1 unspecified atom stereocenters. The van der Waals surface area contributed by atoms with Crippen LogP contribution < -0.4 is 0 Å². The Morgan fingerprint density at radius 3 is 1.83 bits per heavy atom. The molecule has 5 rings (SSSR count). The molecule has 0 heterocycles. The molecule has 0 fully saturated rings. The van der Waals surface area contributed by atoms with Gasteiger partial charge in [-0.3, -0.25) is 0 Å². The van der Waals surface area contributed by atoms with Crippen LogP contribution in [0, 0.1) is 11.8 Å². The molecule has 4 aromatic carbocycles. The first kappa shape index (κ1) is 17.3. The molecule has 0 saturated heterocycles. The SMILES string of the molecule is C(#Cc1ccccc1)C1=C(c2ccccc2)C(c2ccccc2)c2ccccc21. The van der Waals surface area contributed by atoms with Gasteiger partial charge in [-0.05, 0) is 40.0 Å². The molecule has 0 saturated carbocycles. The molecule has 1 aliphatic carbocycles. The van der Waals surface area contributed by atoms with Crippen molar-refractivity contribution in [2.24, 2.45) is 0 Å². The highest BCUT2D eigenvalue weighted by molar-refractivity contribution is 6.06. The van der Waals surface area contributed by atoms with Crippen molar-refractivity contribution in [3.63, 3.8) is 0 Å². The van der Waals surface area contributed by atoms with Gasteiger partial charge in [0.2, 0.25) is 0 Å². The number of hydrogen-bond acceptors (Lipinski definition) is 0. The van der Waals surface area contributed by atoms with Gasteiger partial charge in [-0.15, -0.1) is 0 Å². The first-order chi connectivity index (χ1) is 14.4. The lowest BCUT2D eigenvalue weighted by Gasteiger charge is -2.18. The van der Waals surface area contributed by atoms with E-state index >= 15 is 0 Å². The molecule has 29 heavy (non-hydrogen) atoms. The Kier molecular flexibility index (Phi) is 4.57. The lowest BCUT2D eigenvalue weighted by molar-refractivity contribution is 1.07. The Morgan fingerprint density at radius 1 is 0.517 bits per heavy atom. The molecule has 1 aliphatic rings. The van der Waals surface area contributed by atoms with Gasteiger partial charge in [0, 0.05) is 17.1 Å². The molecule has 0 aromatic heterocycles. The van der Waals surface area contributed by atoms with Crippen molar-refractivity contribution in [3.05, 3.63) is 143 Å². The van der Waals surface area contributed by atoms with Crippen LogP contribution in [-0.2, 0) is 0 Å². The molecular weight excluding hydrogens is 348 g/mol. The van der Waals surface area contributed by atoms with Crippen molar-refractivity contribution < 1.29 is 0 Å². The first-order valence-corrected chi connectivity index (χ1v) is 9.93. The van der Waals surface area contributed by atoms with Crippen molar-refractivity contribution in [1.29, 1.82) is 0 Å². The molecule has 1 atom stereocenters. The van der Waals surface area contributed by atoms with Gasteiger partial charge >= 0.3 is 0 Å². The average Bonchev–Trinajstić information content (AvgIpc) is 3.14. The normalized spacial score (nSPS) is 14.8. The second kappa shape index (κ2) is 7.66. The predicted octanol–water partition coefficient (Wildman–Crippen LogP) is 6.79. The lowest BCUT2D eigenvalue weighted by Crippen LogP contribution is -2.01. The largest absolute Gasteiger partial charge is 0.0622 e. The van der Waals surface area contributed by atoms with Crippen LogP contribution >= 0.6 is 0 Å². The third-order valence-corrected chi connectivity index (χ3v) is 5.42. The molecule has 136 valence electrons. The fourth-order valence-corrected chi connectivity index (χ4v) is 4.13. The van der Waals surface area contributed by atoms with Gasteiger partial charge in [0.05, 0.1) is 0 Å². The van der Waals surface area contributed by atoms with E-state index in [1.165, 1.54) is 27.8 Å². The zero-order chi connectivity index (χ0) is 19.5. The van der Waals surface area contributed by atoms with Gasteiger partial charge in [0.25, 0.3) is 0 Å². The smallest absolute Gasteiger partial charge is 0.0372 e. The third-order valence-electron chi connectivity index (χ3n) is 5.42. The summed E-state index contributed by atoms with van der Waals surface area (Å²) >= 11 is 0. The summed E-state index contributed by atoms with van der Waals surface area (Å²) in [5, 5.41) is 0. The van der Waals surface area contributed by atoms with Gasteiger partial charge in [0.1, 0.15) is 0 Å². The quantitative estimate of drug-likeness (QED) is 0.342. The van der Waals surface area contributed by atoms with Gasteiger partial charge in [-0.25, -0.2) is 0 Å². The van der Waals surface area contributed by atoms with Crippen molar-refractivity contribution in [3.8, 4) is 11.8 Å². The molecule has 0 bridgehead atoms. The van der Waals surface area contributed by atoms with Crippen molar-refractivity contribution in [2.45, 2.75) is 5.92 Å². The summed E-state index contributed by atoms with van der Waals surface area (Å²) in [5.74, 6) is 7.11. The third kappa shape index (κ3) is 3.28. The molecule has 0 nitrogen and oxygen atoms in total. The summed E-state index contributed by atoms with van der Waals surface area (Å²) < 4.78 is 0. The lowest BCUT2D eigenvalue weighted by atomic mass is 9.85. The van der Waals surface area contributed by atoms with E-state index in [0.717, 1.165) is 11.1 Å². The zero-order valence-corrected chi connectivity index (χ0v) is 16.0. The molecule has 0 amide bonds. The first-order valence-electron chi connectivity index (χ1n) is 9.93. The van der Waals surface area contributed by atoms with Crippen LogP contribution in [0.5, 0.6) is 0 Å². The highest BCUT2D eigenvalue weighted by Gasteiger charge is 2.32. The van der Waals surface area contributed by atoms with E-state index in [4.69, 9.17) is 0 Å². The summed E-state index contributed by atoms with van der Waals surface area (Å²) in [6.07, 6.45) is 0. The van der Waals surface area contributed by atoms with Crippen molar-refractivity contribution >= 4 is 11.1 Å². The Morgan fingerprint density at radius 2 is 1.10 bits per heavy atom. The average molecular weight is 368 g/mol. The monoisotopic (exact) mass is 368 g/mol. The highest BCUT2D eigenvalue weighted by Crippen LogP contribution is 2.49. The Balaban J connectivity index is 1.77. The summed E-state index contributed by atoms with van der Waals surface area (Å²) in [6, 6.07) is 40.3. The predicted molar refractivity (Wildman–Crippen MR) is 121 cm³/mol. The van der Waals surface area contributed by atoms with Crippen LogP contribution in [-0.4, -0.2) is 0 Å². The minimum Gasteiger partial charge on any atom is -0.0622 e. The number of hydrogen-bond donors (Lipinski definition) is 0. The van der Waals surface area contributed by atoms with Crippen molar-refractivity contribution in [1.82, 2.24) is 0 Å². The second-order valence-corrected chi connectivity index (χ2v) is 7.20. The molecule has 0 radical (unpaired) electrons. The highest BCUT2D eigenvalue weighted by atomic mass is 14.3. The minimum absolute atomic E-state index is 0.190. The van der Waals surface area contributed by atoms with Crippen LogP contribution in [0.15, 0.2) is 115 Å². The fraction of sp³-hybridized carbons (Fsp3) is 0.0345. The molecule has 0 aliphatic heterocycles. The van der Waals surface area contributed by atoms with Crippen LogP contribution in [0.1, 0.15) is 33.7 Å². The molecule has 0 spiro atoms. The Hall–Kier alpha value is -3.82. The van der Waals surface area contributed by atoms with Gasteiger partial charge in [-0.2, -0.15) is 0 Å². The van der Waals surface area contributed by atoms with Gasteiger partial charge in [-0.1, -0.05) is 115 Å². The van der Waals surface area contributed by atoms with E-state index < -0.39 is 0 Å². The maximum Gasteiger partial charge on any atom is 0.0372 e. The van der Waals surface area contributed by atoms with Crippen molar-refractivity contribution in [2.75, 3.05) is 0 Å². The number of rotatable bonds is 2. The number of fused-ring (bicyclic) bond motifs is 1. The van der Waals surface area contributed by atoms with E-state index in [0.29, 0.717) is 0 Å². The van der Waals surface area contributed by atoms with Crippen LogP contribution in [0.25, 0.3) is 11.1 Å². The maximum atomic E-state index is 3.53. The summed E-state index contributed by atoms with van der Waals surface area (Å²) in [5.41, 5.74) is 8.56. The topological polar surface area (TPSA) is 0 Å². The van der Waals surface area contributed by atoms with Crippen LogP contribution in [0.3, 0.4) is 0 Å². The Labute approximate surface area is 172 Å². The Bertz CT molecular complexity index is 1220. The summed E-state index contributed by atoms with van der Waals surface area (Å²) in [7, 11) is 0. The van der Waals surface area contributed by atoms with Gasteiger partial charge < -0.3 is 0 Å². The second-order valence-electron chi connectivity index (χ2n) is 7.20. The fourth-order valence-electron chi connectivity index (χ4n) is 4.13. The van der Waals surface area contributed by atoms with Crippen LogP contribution in [0.4, 0.5) is 0 Å². The molecular formula is C29H20. The van der Waals surface area contributed by atoms with E-state index in [1.807, 2.05) is 18.2 Å². The van der Waals surface area contributed by atoms with Gasteiger partial charge in [0.15, 0.2) is 0 Å². The van der Waals surface area contributed by atoms with E-state index in [1.54, 1.807) is 0 Å². The molecule has 0 N–H and O–H groups in total.